The third-order valence-corrected chi connectivity index (χ3v) is 4.07. The zero-order valence-corrected chi connectivity index (χ0v) is 10.7. The first-order chi connectivity index (χ1) is 7.49. The van der Waals surface area contributed by atoms with Crippen LogP contribution in [0.25, 0.3) is 0 Å². The molecule has 1 saturated carbocycles. The van der Waals surface area contributed by atoms with Crippen LogP contribution in [0.1, 0.15) is 32.3 Å². The smallest absolute Gasteiger partial charge is 0.0622 e. The van der Waals surface area contributed by atoms with Crippen LogP contribution in [0.15, 0.2) is 24.3 Å². The minimum Gasteiger partial charge on any atom is -0.392 e. The summed E-state index contributed by atoms with van der Waals surface area (Å²) >= 11 is 5.85. The number of aliphatic hydroxyl groups is 1. The second-order valence-corrected chi connectivity index (χ2v) is 6.00. The van der Waals surface area contributed by atoms with Crippen molar-refractivity contribution in [3.8, 4) is 0 Å². The molecule has 0 unspecified atom stereocenters. The van der Waals surface area contributed by atoms with Gasteiger partial charge in [0.1, 0.15) is 0 Å². The number of aliphatic hydroxyl groups excluding tert-OH is 1. The Kier molecular flexibility index (Phi) is 3.27. The molecule has 0 bridgehead atoms. The summed E-state index contributed by atoms with van der Waals surface area (Å²) in [7, 11) is 0. The molecule has 1 aliphatic carbocycles. The van der Waals surface area contributed by atoms with Crippen LogP contribution in [0.3, 0.4) is 0 Å². The number of hydrogen-bond donors (Lipinski definition) is 1. The van der Waals surface area contributed by atoms with Crippen molar-refractivity contribution in [3.05, 3.63) is 34.9 Å². The second kappa shape index (κ2) is 4.38. The lowest BCUT2D eigenvalue weighted by Crippen LogP contribution is -2.28. The summed E-state index contributed by atoms with van der Waals surface area (Å²) in [6, 6.07) is 7.95. The van der Waals surface area contributed by atoms with Crippen LogP contribution in [-0.4, -0.2) is 11.2 Å². The molecule has 0 aliphatic heterocycles. The van der Waals surface area contributed by atoms with E-state index in [4.69, 9.17) is 11.6 Å². The largest absolute Gasteiger partial charge is 0.392 e. The molecule has 0 heterocycles. The maximum absolute atomic E-state index is 10.2. The quantitative estimate of drug-likeness (QED) is 0.834. The van der Waals surface area contributed by atoms with E-state index in [1.54, 1.807) is 0 Å². The number of rotatable bonds is 2. The monoisotopic (exact) mass is 238 g/mol. The minimum atomic E-state index is -0.178. The lowest BCUT2D eigenvalue weighted by Gasteiger charge is -2.25. The van der Waals surface area contributed by atoms with E-state index < -0.39 is 0 Å². The molecule has 88 valence electrons. The van der Waals surface area contributed by atoms with E-state index in [-0.39, 0.29) is 11.5 Å². The summed E-state index contributed by atoms with van der Waals surface area (Å²) in [6.07, 6.45) is 3.02. The van der Waals surface area contributed by atoms with Gasteiger partial charge in [0.2, 0.25) is 0 Å². The first kappa shape index (κ1) is 11.9. The second-order valence-electron chi connectivity index (χ2n) is 5.56. The summed E-state index contributed by atoms with van der Waals surface area (Å²) in [4.78, 5) is 0. The molecule has 1 nitrogen and oxygen atoms in total. The summed E-state index contributed by atoms with van der Waals surface area (Å²) < 4.78 is 0. The SMILES string of the molecule is CC1(C)CC[C@@H](Cc2ccc(Cl)cc2)[C@H]1O. The molecule has 1 aromatic carbocycles. The Morgan fingerprint density at radius 3 is 2.44 bits per heavy atom. The Morgan fingerprint density at radius 1 is 1.31 bits per heavy atom. The summed E-state index contributed by atoms with van der Waals surface area (Å²) in [6.45, 7) is 4.30. The van der Waals surface area contributed by atoms with E-state index in [1.807, 2.05) is 12.1 Å². The molecule has 2 heteroatoms. The van der Waals surface area contributed by atoms with E-state index in [0.717, 1.165) is 24.3 Å². The van der Waals surface area contributed by atoms with E-state index in [9.17, 15) is 5.11 Å². The lowest BCUT2D eigenvalue weighted by atomic mass is 9.85. The standard InChI is InChI=1S/C14H19ClO/c1-14(2)8-7-11(13(14)16)9-10-3-5-12(15)6-4-10/h3-6,11,13,16H,7-9H2,1-2H3/t11-,13+/m0/s1. The molecule has 1 fully saturated rings. The van der Waals surface area contributed by atoms with Crippen molar-refractivity contribution in [2.24, 2.45) is 11.3 Å². The van der Waals surface area contributed by atoms with Gasteiger partial charge in [-0.05, 0) is 48.3 Å². The molecule has 1 aliphatic rings. The van der Waals surface area contributed by atoms with Crippen LogP contribution in [0.2, 0.25) is 5.02 Å². The number of benzene rings is 1. The Hall–Kier alpha value is -0.530. The fraction of sp³-hybridized carbons (Fsp3) is 0.571. The highest BCUT2D eigenvalue weighted by molar-refractivity contribution is 6.30. The highest BCUT2D eigenvalue weighted by Crippen LogP contribution is 2.42. The van der Waals surface area contributed by atoms with E-state index in [1.165, 1.54) is 5.56 Å². The van der Waals surface area contributed by atoms with Crippen LogP contribution in [-0.2, 0) is 6.42 Å². The van der Waals surface area contributed by atoms with Gasteiger partial charge in [0.05, 0.1) is 6.10 Å². The molecule has 0 spiro atoms. The van der Waals surface area contributed by atoms with Gasteiger partial charge in [-0.25, -0.2) is 0 Å². The Morgan fingerprint density at radius 2 is 1.94 bits per heavy atom. The van der Waals surface area contributed by atoms with Crippen molar-refractivity contribution in [2.75, 3.05) is 0 Å². The molecule has 0 aromatic heterocycles. The zero-order valence-electron chi connectivity index (χ0n) is 9.91. The number of hydrogen-bond acceptors (Lipinski definition) is 1. The zero-order chi connectivity index (χ0) is 11.8. The van der Waals surface area contributed by atoms with E-state index in [0.29, 0.717) is 5.92 Å². The van der Waals surface area contributed by atoms with Gasteiger partial charge in [-0.1, -0.05) is 37.6 Å². The Bertz CT molecular complexity index is 356. The highest BCUT2D eigenvalue weighted by atomic mass is 35.5. The topological polar surface area (TPSA) is 20.2 Å². The third-order valence-electron chi connectivity index (χ3n) is 3.82. The molecular formula is C14H19ClO. The van der Waals surface area contributed by atoms with Crippen molar-refractivity contribution in [2.45, 2.75) is 39.2 Å². The molecule has 1 aromatic rings. The molecular weight excluding hydrogens is 220 g/mol. The van der Waals surface area contributed by atoms with Gasteiger partial charge < -0.3 is 5.11 Å². The van der Waals surface area contributed by atoms with Crippen LogP contribution in [0.4, 0.5) is 0 Å². The normalized spacial score (nSPS) is 28.2. The molecule has 2 rings (SSSR count). The predicted octanol–water partition coefficient (Wildman–Crippen LogP) is 3.68. The lowest BCUT2D eigenvalue weighted by molar-refractivity contribution is 0.0462. The van der Waals surface area contributed by atoms with Crippen LogP contribution in [0.5, 0.6) is 0 Å². The minimum absolute atomic E-state index is 0.0804. The third kappa shape index (κ3) is 2.41. The molecule has 2 atom stereocenters. The van der Waals surface area contributed by atoms with E-state index >= 15 is 0 Å². The summed E-state index contributed by atoms with van der Waals surface area (Å²) in [5.41, 5.74) is 1.35. The van der Waals surface area contributed by atoms with Crippen LogP contribution >= 0.6 is 11.6 Å². The number of halogens is 1. The average molecular weight is 239 g/mol. The molecule has 16 heavy (non-hydrogen) atoms. The van der Waals surface area contributed by atoms with Gasteiger partial charge in [-0.2, -0.15) is 0 Å². The van der Waals surface area contributed by atoms with Gasteiger partial charge in [-0.15, -0.1) is 0 Å². The highest BCUT2D eigenvalue weighted by Gasteiger charge is 2.40. The molecule has 0 saturated heterocycles. The van der Waals surface area contributed by atoms with Gasteiger partial charge in [-0.3, -0.25) is 0 Å². The molecule has 0 amide bonds. The first-order valence-corrected chi connectivity index (χ1v) is 6.29. The van der Waals surface area contributed by atoms with Crippen LogP contribution < -0.4 is 0 Å². The van der Waals surface area contributed by atoms with Crippen molar-refractivity contribution < 1.29 is 5.11 Å². The maximum Gasteiger partial charge on any atom is 0.0622 e. The van der Waals surface area contributed by atoms with Crippen molar-refractivity contribution >= 4 is 11.6 Å². The average Bonchev–Trinajstić information content (AvgIpc) is 2.49. The van der Waals surface area contributed by atoms with Gasteiger partial charge in [0.15, 0.2) is 0 Å². The molecule has 0 radical (unpaired) electrons. The Labute approximate surface area is 102 Å². The van der Waals surface area contributed by atoms with Gasteiger partial charge in [0, 0.05) is 5.02 Å². The first-order valence-electron chi connectivity index (χ1n) is 5.91. The summed E-state index contributed by atoms with van der Waals surface area (Å²) in [5.74, 6) is 0.399. The summed E-state index contributed by atoms with van der Waals surface area (Å²) in [5, 5.41) is 11.0. The van der Waals surface area contributed by atoms with Crippen molar-refractivity contribution in [1.29, 1.82) is 0 Å². The van der Waals surface area contributed by atoms with E-state index in [2.05, 4.69) is 26.0 Å². The van der Waals surface area contributed by atoms with Crippen molar-refractivity contribution in [1.82, 2.24) is 0 Å². The van der Waals surface area contributed by atoms with Crippen LogP contribution in [0, 0.1) is 11.3 Å². The fourth-order valence-corrected chi connectivity index (χ4v) is 2.76. The van der Waals surface area contributed by atoms with Crippen molar-refractivity contribution in [3.63, 3.8) is 0 Å². The maximum atomic E-state index is 10.2. The fourth-order valence-electron chi connectivity index (χ4n) is 2.64. The molecule has 1 N–H and O–H groups in total. The van der Waals surface area contributed by atoms with Gasteiger partial charge >= 0.3 is 0 Å². The van der Waals surface area contributed by atoms with Gasteiger partial charge in [0.25, 0.3) is 0 Å². The predicted molar refractivity (Wildman–Crippen MR) is 67.7 cm³/mol. The Balaban J connectivity index is 2.04.